The molecular weight excluding hydrogens is 276 g/mol. The summed E-state index contributed by atoms with van der Waals surface area (Å²) in [5, 5.41) is 4.54. The minimum absolute atomic E-state index is 0.694. The lowest BCUT2D eigenvalue weighted by molar-refractivity contribution is 0.393. The minimum Gasteiger partial charge on any atom is -0.497 e. The molecule has 2 aromatic carbocycles. The number of ether oxygens (including phenoxy) is 2. The van der Waals surface area contributed by atoms with Crippen molar-refractivity contribution >= 4 is 16.6 Å². The first-order valence-corrected chi connectivity index (χ1v) is 7.09. The number of methoxy groups -OCH3 is 2. The SMILES string of the molecule is COc1cc(CNc2ccc3ncccc3c2)cc(OC)c1. The molecule has 22 heavy (non-hydrogen) atoms. The van der Waals surface area contributed by atoms with E-state index in [1.807, 2.05) is 36.4 Å². The highest BCUT2D eigenvalue weighted by molar-refractivity contribution is 5.82. The van der Waals surface area contributed by atoms with Gasteiger partial charge in [-0.05, 0) is 42.0 Å². The van der Waals surface area contributed by atoms with Crippen molar-refractivity contribution < 1.29 is 9.47 Å². The second-order valence-electron chi connectivity index (χ2n) is 4.99. The summed E-state index contributed by atoms with van der Waals surface area (Å²) in [5.41, 5.74) is 3.15. The van der Waals surface area contributed by atoms with Crippen LogP contribution >= 0.6 is 0 Å². The van der Waals surface area contributed by atoms with Gasteiger partial charge in [0.2, 0.25) is 0 Å². The third kappa shape index (κ3) is 3.11. The molecule has 3 rings (SSSR count). The van der Waals surface area contributed by atoms with Crippen molar-refractivity contribution in [2.75, 3.05) is 19.5 Å². The van der Waals surface area contributed by atoms with Gasteiger partial charge >= 0.3 is 0 Å². The number of hydrogen-bond donors (Lipinski definition) is 1. The number of hydrogen-bond acceptors (Lipinski definition) is 4. The number of rotatable bonds is 5. The Morgan fingerprint density at radius 2 is 1.73 bits per heavy atom. The number of anilines is 1. The van der Waals surface area contributed by atoms with Gasteiger partial charge in [0.15, 0.2) is 0 Å². The predicted octanol–water partition coefficient (Wildman–Crippen LogP) is 3.86. The number of benzene rings is 2. The molecule has 0 aliphatic rings. The van der Waals surface area contributed by atoms with Gasteiger partial charge in [0, 0.05) is 29.9 Å². The fourth-order valence-corrected chi connectivity index (χ4v) is 2.36. The van der Waals surface area contributed by atoms with Crippen LogP contribution in [-0.4, -0.2) is 19.2 Å². The van der Waals surface area contributed by atoms with Crippen molar-refractivity contribution in [2.24, 2.45) is 0 Å². The highest BCUT2D eigenvalue weighted by atomic mass is 16.5. The summed E-state index contributed by atoms with van der Waals surface area (Å²) >= 11 is 0. The molecule has 0 fully saturated rings. The van der Waals surface area contributed by atoms with Crippen LogP contribution in [-0.2, 0) is 6.54 Å². The Morgan fingerprint density at radius 1 is 0.955 bits per heavy atom. The number of fused-ring (bicyclic) bond motifs is 1. The maximum Gasteiger partial charge on any atom is 0.122 e. The number of nitrogens with zero attached hydrogens (tertiary/aromatic N) is 1. The molecule has 0 radical (unpaired) electrons. The van der Waals surface area contributed by atoms with Gasteiger partial charge in [-0.25, -0.2) is 0 Å². The maximum absolute atomic E-state index is 5.29. The smallest absolute Gasteiger partial charge is 0.122 e. The summed E-state index contributed by atoms with van der Waals surface area (Å²) in [7, 11) is 3.31. The molecule has 3 aromatic rings. The van der Waals surface area contributed by atoms with Gasteiger partial charge in [-0.3, -0.25) is 4.98 Å². The van der Waals surface area contributed by atoms with Crippen LogP contribution in [0.5, 0.6) is 11.5 Å². The molecule has 0 aliphatic carbocycles. The highest BCUT2D eigenvalue weighted by Crippen LogP contribution is 2.24. The van der Waals surface area contributed by atoms with Gasteiger partial charge in [0.1, 0.15) is 11.5 Å². The van der Waals surface area contributed by atoms with Crippen molar-refractivity contribution in [3.63, 3.8) is 0 Å². The van der Waals surface area contributed by atoms with Crippen molar-refractivity contribution in [3.05, 3.63) is 60.3 Å². The second-order valence-corrected chi connectivity index (χ2v) is 4.99. The third-order valence-electron chi connectivity index (χ3n) is 3.51. The van der Waals surface area contributed by atoms with Crippen LogP contribution in [0.3, 0.4) is 0 Å². The van der Waals surface area contributed by atoms with Crippen molar-refractivity contribution in [2.45, 2.75) is 6.54 Å². The lowest BCUT2D eigenvalue weighted by Gasteiger charge is -2.11. The Hall–Kier alpha value is -2.75. The Kier molecular flexibility index (Phi) is 4.10. The van der Waals surface area contributed by atoms with Gasteiger partial charge in [-0.2, -0.15) is 0 Å². The van der Waals surface area contributed by atoms with E-state index in [1.54, 1.807) is 20.4 Å². The molecule has 1 heterocycles. The van der Waals surface area contributed by atoms with Crippen molar-refractivity contribution in [1.29, 1.82) is 0 Å². The average molecular weight is 294 g/mol. The van der Waals surface area contributed by atoms with Crippen LogP contribution in [0.25, 0.3) is 10.9 Å². The van der Waals surface area contributed by atoms with E-state index in [2.05, 4.69) is 22.4 Å². The number of aromatic nitrogens is 1. The average Bonchev–Trinajstić information content (AvgIpc) is 2.59. The Labute approximate surface area is 129 Å². The van der Waals surface area contributed by atoms with E-state index in [0.29, 0.717) is 6.54 Å². The molecule has 0 atom stereocenters. The van der Waals surface area contributed by atoms with E-state index in [1.165, 1.54) is 0 Å². The van der Waals surface area contributed by atoms with Crippen LogP contribution in [0.2, 0.25) is 0 Å². The molecule has 1 N–H and O–H groups in total. The second kappa shape index (κ2) is 6.35. The van der Waals surface area contributed by atoms with Crippen LogP contribution in [0.4, 0.5) is 5.69 Å². The Balaban J connectivity index is 1.78. The number of pyridine rings is 1. The van der Waals surface area contributed by atoms with E-state index < -0.39 is 0 Å². The molecule has 4 nitrogen and oxygen atoms in total. The fourth-order valence-electron chi connectivity index (χ4n) is 2.36. The number of nitrogens with one attached hydrogen (secondary N) is 1. The first kappa shape index (κ1) is 14.2. The molecule has 0 saturated carbocycles. The van der Waals surface area contributed by atoms with Crippen LogP contribution in [0, 0.1) is 0 Å². The van der Waals surface area contributed by atoms with E-state index in [0.717, 1.165) is 33.7 Å². The summed E-state index contributed by atoms with van der Waals surface area (Å²) in [6.07, 6.45) is 1.80. The highest BCUT2D eigenvalue weighted by Gasteiger charge is 2.03. The fraction of sp³-hybridized carbons (Fsp3) is 0.167. The molecule has 0 saturated heterocycles. The molecule has 0 amide bonds. The van der Waals surface area contributed by atoms with Gasteiger partial charge < -0.3 is 14.8 Å². The summed E-state index contributed by atoms with van der Waals surface area (Å²) in [5.74, 6) is 1.58. The zero-order chi connectivity index (χ0) is 15.4. The van der Waals surface area contributed by atoms with Crippen LogP contribution in [0.1, 0.15) is 5.56 Å². The quantitative estimate of drug-likeness (QED) is 0.776. The lowest BCUT2D eigenvalue weighted by atomic mass is 10.1. The maximum atomic E-state index is 5.29. The van der Waals surface area contributed by atoms with Crippen LogP contribution < -0.4 is 14.8 Å². The van der Waals surface area contributed by atoms with E-state index >= 15 is 0 Å². The Morgan fingerprint density at radius 3 is 2.45 bits per heavy atom. The van der Waals surface area contributed by atoms with Crippen molar-refractivity contribution in [1.82, 2.24) is 4.98 Å². The summed E-state index contributed by atoms with van der Waals surface area (Å²) < 4.78 is 10.6. The summed E-state index contributed by atoms with van der Waals surface area (Å²) in [4.78, 5) is 4.33. The summed E-state index contributed by atoms with van der Waals surface area (Å²) in [6.45, 7) is 0.694. The van der Waals surface area contributed by atoms with E-state index in [4.69, 9.17) is 9.47 Å². The topological polar surface area (TPSA) is 43.4 Å². The van der Waals surface area contributed by atoms with Crippen LogP contribution in [0.15, 0.2) is 54.7 Å². The molecule has 0 spiro atoms. The third-order valence-corrected chi connectivity index (χ3v) is 3.51. The molecular formula is C18H18N2O2. The first-order valence-electron chi connectivity index (χ1n) is 7.09. The minimum atomic E-state index is 0.694. The van der Waals surface area contributed by atoms with Crippen molar-refractivity contribution in [3.8, 4) is 11.5 Å². The molecule has 4 heteroatoms. The van der Waals surface area contributed by atoms with Gasteiger partial charge in [0.05, 0.1) is 19.7 Å². The van der Waals surface area contributed by atoms with E-state index in [-0.39, 0.29) is 0 Å². The normalized spacial score (nSPS) is 10.5. The predicted molar refractivity (Wildman–Crippen MR) is 88.6 cm³/mol. The largest absolute Gasteiger partial charge is 0.497 e. The van der Waals surface area contributed by atoms with Gasteiger partial charge in [-0.1, -0.05) is 6.07 Å². The lowest BCUT2D eigenvalue weighted by Crippen LogP contribution is -2.00. The molecule has 0 bridgehead atoms. The zero-order valence-corrected chi connectivity index (χ0v) is 12.7. The monoisotopic (exact) mass is 294 g/mol. The molecule has 112 valence electrons. The molecule has 0 unspecified atom stereocenters. The molecule has 0 aliphatic heterocycles. The standard InChI is InChI=1S/C18H18N2O2/c1-21-16-8-13(9-17(11-16)22-2)12-20-15-5-6-18-14(10-15)4-3-7-19-18/h3-11,20H,12H2,1-2H3. The van der Waals surface area contributed by atoms with Gasteiger partial charge in [-0.15, -0.1) is 0 Å². The summed E-state index contributed by atoms with van der Waals surface area (Å²) in [6, 6.07) is 16.0. The van der Waals surface area contributed by atoms with E-state index in [9.17, 15) is 0 Å². The first-order chi connectivity index (χ1) is 10.8. The van der Waals surface area contributed by atoms with Gasteiger partial charge in [0.25, 0.3) is 0 Å². The zero-order valence-electron chi connectivity index (χ0n) is 12.7. The molecule has 1 aromatic heterocycles. The Bertz CT molecular complexity index is 765.